The number of fused-ring (bicyclic) bond motifs is 1. The number of aromatic amines is 1. The highest BCUT2D eigenvalue weighted by atomic mass is 32.2. The van der Waals surface area contributed by atoms with E-state index in [0.29, 0.717) is 32.8 Å². The Morgan fingerprint density at radius 2 is 2.15 bits per heavy atom. The standard InChI is InChI=1S/C21H27N9O2S2/c1-13-7-19(33-21(13)34(31,32)28(2)3)26-18-8-17(29-6-4-5-15(29)9-22)27-20-16(12-25-30(18)20)14-10-23-24-11-14/h7-8,10-12,15,26H,4-6,9,22H2,1-3H3,(H,23,24)/t15-/m1/s1. The van der Waals surface area contributed by atoms with E-state index in [4.69, 9.17) is 10.7 Å². The molecule has 0 saturated carbocycles. The molecule has 11 nitrogen and oxygen atoms in total. The van der Waals surface area contributed by atoms with E-state index in [-0.39, 0.29) is 6.04 Å². The van der Waals surface area contributed by atoms with Crippen LogP contribution in [0.3, 0.4) is 0 Å². The molecule has 0 spiro atoms. The third-order valence-corrected chi connectivity index (χ3v) is 9.63. The predicted molar refractivity (Wildman–Crippen MR) is 133 cm³/mol. The van der Waals surface area contributed by atoms with Crippen molar-refractivity contribution in [2.75, 3.05) is 37.4 Å². The number of hydrogen-bond donors (Lipinski definition) is 3. The summed E-state index contributed by atoms with van der Waals surface area (Å²) < 4.78 is 28.7. The fourth-order valence-corrected chi connectivity index (χ4v) is 6.99. The SMILES string of the molecule is Cc1cc(Nc2cc(N3CCC[C@@H]3CN)nc3c(-c4cn[nH]c4)cnn23)sc1S(=O)(=O)N(C)C. The van der Waals surface area contributed by atoms with Crippen LogP contribution in [-0.2, 0) is 10.0 Å². The molecular formula is C21H27N9O2S2. The summed E-state index contributed by atoms with van der Waals surface area (Å²) in [7, 11) is -0.468. The minimum atomic E-state index is -3.53. The number of aryl methyl sites for hydroxylation is 1. The molecular weight excluding hydrogens is 474 g/mol. The summed E-state index contributed by atoms with van der Waals surface area (Å²) >= 11 is 1.20. The molecule has 0 amide bonds. The van der Waals surface area contributed by atoms with Crippen molar-refractivity contribution in [1.82, 2.24) is 29.1 Å². The summed E-state index contributed by atoms with van der Waals surface area (Å²) in [5.41, 5.74) is 9.13. The van der Waals surface area contributed by atoms with Gasteiger partial charge >= 0.3 is 0 Å². The number of nitrogens with zero attached hydrogens (tertiary/aromatic N) is 6. The lowest BCUT2D eigenvalue weighted by molar-refractivity contribution is 0.522. The predicted octanol–water partition coefficient (Wildman–Crippen LogP) is 2.41. The van der Waals surface area contributed by atoms with Crippen molar-refractivity contribution in [2.24, 2.45) is 5.73 Å². The second-order valence-corrected chi connectivity index (χ2v) is 11.9. The maximum Gasteiger partial charge on any atom is 0.252 e. The van der Waals surface area contributed by atoms with Crippen LogP contribution in [-0.4, -0.2) is 70.7 Å². The summed E-state index contributed by atoms with van der Waals surface area (Å²) in [6.45, 7) is 3.23. The molecule has 13 heteroatoms. The van der Waals surface area contributed by atoms with Crippen LogP contribution in [0.5, 0.6) is 0 Å². The van der Waals surface area contributed by atoms with Crippen molar-refractivity contribution in [2.45, 2.75) is 30.0 Å². The maximum absolute atomic E-state index is 12.7. The van der Waals surface area contributed by atoms with Crippen LogP contribution in [0.2, 0.25) is 0 Å². The lowest BCUT2D eigenvalue weighted by Gasteiger charge is -2.25. The van der Waals surface area contributed by atoms with Crippen molar-refractivity contribution in [1.29, 1.82) is 0 Å². The Hall–Kier alpha value is -3.00. The first-order chi connectivity index (χ1) is 16.3. The lowest BCUT2D eigenvalue weighted by atomic mass is 10.2. The van der Waals surface area contributed by atoms with Crippen molar-refractivity contribution >= 4 is 43.6 Å². The molecule has 0 aliphatic carbocycles. The van der Waals surface area contributed by atoms with Gasteiger partial charge in [0.15, 0.2) is 5.65 Å². The third-order valence-electron chi connectivity index (χ3n) is 6.05. The highest BCUT2D eigenvalue weighted by Gasteiger charge is 2.27. The normalized spacial score (nSPS) is 16.7. The fraction of sp³-hybridized carbons (Fsp3) is 0.381. The van der Waals surface area contributed by atoms with Crippen molar-refractivity contribution in [3.05, 3.63) is 36.3 Å². The van der Waals surface area contributed by atoms with Gasteiger partial charge in [0.2, 0.25) is 0 Å². The molecule has 1 aliphatic rings. The van der Waals surface area contributed by atoms with Gasteiger partial charge in [-0.05, 0) is 31.4 Å². The van der Waals surface area contributed by atoms with Gasteiger partial charge in [-0.2, -0.15) is 14.7 Å². The van der Waals surface area contributed by atoms with Gasteiger partial charge in [-0.1, -0.05) is 0 Å². The molecule has 0 unspecified atom stereocenters. The molecule has 4 N–H and O–H groups in total. The van der Waals surface area contributed by atoms with Crippen LogP contribution < -0.4 is 16.0 Å². The Balaban J connectivity index is 1.62. The number of aromatic nitrogens is 5. The van der Waals surface area contributed by atoms with Gasteiger partial charge in [-0.15, -0.1) is 11.3 Å². The summed E-state index contributed by atoms with van der Waals surface area (Å²) in [5.74, 6) is 1.50. The Bertz CT molecular complexity index is 1420. The molecule has 4 aromatic heterocycles. The van der Waals surface area contributed by atoms with E-state index in [1.165, 1.54) is 29.7 Å². The largest absolute Gasteiger partial charge is 0.352 e. The van der Waals surface area contributed by atoms with Crippen LogP contribution in [0, 0.1) is 6.92 Å². The van der Waals surface area contributed by atoms with Crippen LogP contribution in [0.15, 0.2) is 34.9 Å². The molecule has 5 rings (SSSR count). The number of thiophene rings is 1. The molecule has 1 fully saturated rings. The average molecular weight is 502 g/mol. The molecule has 1 atom stereocenters. The first kappa shape index (κ1) is 22.8. The van der Waals surface area contributed by atoms with Gasteiger partial charge in [0.25, 0.3) is 10.0 Å². The average Bonchev–Trinajstić information content (AvgIpc) is 3.59. The first-order valence-corrected chi connectivity index (χ1v) is 13.2. The topological polar surface area (TPSA) is 138 Å². The highest BCUT2D eigenvalue weighted by molar-refractivity contribution is 7.91. The van der Waals surface area contributed by atoms with Crippen LogP contribution in [0.4, 0.5) is 16.6 Å². The fourth-order valence-electron chi connectivity index (χ4n) is 4.25. The number of sulfonamides is 1. The first-order valence-electron chi connectivity index (χ1n) is 10.9. The van der Waals surface area contributed by atoms with Gasteiger partial charge in [0.1, 0.15) is 15.8 Å². The Morgan fingerprint density at radius 3 is 2.85 bits per heavy atom. The van der Waals surface area contributed by atoms with E-state index in [1.54, 1.807) is 30.0 Å². The Morgan fingerprint density at radius 1 is 1.32 bits per heavy atom. The van der Waals surface area contributed by atoms with Gasteiger partial charge in [0.05, 0.1) is 17.4 Å². The number of hydrogen-bond acceptors (Lipinski definition) is 9. The van der Waals surface area contributed by atoms with E-state index < -0.39 is 10.0 Å². The van der Waals surface area contributed by atoms with E-state index in [9.17, 15) is 8.42 Å². The van der Waals surface area contributed by atoms with Crippen molar-refractivity contribution in [3.63, 3.8) is 0 Å². The highest BCUT2D eigenvalue weighted by Crippen LogP contribution is 2.36. The molecule has 1 aliphatic heterocycles. The van der Waals surface area contributed by atoms with Gasteiger partial charge in [-0.3, -0.25) is 5.10 Å². The van der Waals surface area contributed by atoms with E-state index in [2.05, 4.69) is 25.5 Å². The number of anilines is 3. The zero-order valence-corrected chi connectivity index (χ0v) is 20.8. The lowest BCUT2D eigenvalue weighted by Crippen LogP contribution is -2.36. The number of rotatable bonds is 7. The number of H-pyrrole nitrogens is 1. The van der Waals surface area contributed by atoms with E-state index in [0.717, 1.165) is 36.3 Å². The summed E-state index contributed by atoms with van der Waals surface area (Å²) in [6.07, 6.45) is 7.38. The Labute approximate surface area is 201 Å². The molecule has 0 radical (unpaired) electrons. The minimum Gasteiger partial charge on any atom is -0.352 e. The summed E-state index contributed by atoms with van der Waals surface area (Å²) in [4.78, 5) is 7.18. The van der Waals surface area contributed by atoms with Crippen molar-refractivity contribution < 1.29 is 8.42 Å². The second kappa shape index (κ2) is 8.65. The molecule has 0 bridgehead atoms. The Kier molecular flexibility index (Phi) is 5.80. The molecule has 0 aromatic carbocycles. The smallest absolute Gasteiger partial charge is 0.252 e. The quantitative estimate of drug-likeness (QED) is 0.351. The maximum atomic E-state index is 12.7. The van der Waals surface area contributed by atoms with Crippen LogP contribution in [0.25, 0.3) is 16.8 Å². The molecule has 4 aromatic rings. The number of nitrogens with two attached hydrogens (primary N) is 1. The zero-order chi connectivity index (χ0) is 24.0. The van der Waals surface area contributed by atoms with Gasteiger partial charge in [-0.25, -0.2) is 17.7 Å². The van der Waals surface area contributed by atoms with Crippen molar-refractivity contribution in [3.8, 4) is 11.1 Å². The molecule has 5 heterocycles. The van der Waals surface area contributed by atoms with E-state index >= 15 is 0 Å². The van der Waals surface area contributed by atoms with E-state index in [1.807, 2.05) is 12.1 Å². The second-order valence-electron chi connectivity index (χ2n) is 8.50. The monoisotopic (exact) mass is 501 g/mol. The van der Waals surface area contributed by atoms with Gasteiger partial charge in [0, 0.05) is 56.6 Å². The van der Waals surface area contributed by atoms with Gasteiger partial charge < -0.3 is 16.0 Å². The zero-order valence-electron chi connectivity index (χ0n) is 19.2. The third kappa shape index (κ3) is 3.83. The molecule has 1 saturated heterocycles. The summed E-state index contributed by atoms with van der Waals surface area (Å²) in [5, 5.41) is 15.6. The molecule has 180 valence electrons. The van der Waals surface area contributed by atoms with Crippen LogP contribution in [0.1, 0.15) is 18.4 Å². The molecule has 34 heavy (non-hydrogen) atoms. The minimum absolute atomic E-state index is 0.226. The van der Waals surface area contributed by atoms with Crippen LogP contribution >= 0.6 is 11.3 Å². The number of nitrogens with one attached hydrogen (secondary N) is 2. The summed E-state index contributed by atoms with van der Waals surface area (Å²) in [6, 6.07) is 4.01.